The van der Waals surface area contributed by atoms with Crippen molar-refractivity contribution in [3.63, 3.8) is 0 Å². The lowest BCUT2D eigenvalue weighted by Crippen LogP contribution is -2.29. The van der Waals surface area contributed by atoms with Gasteiger partial charge < -0.3 is 10.1 Å². The van der Waals surface area contributed by atoms with Gasteiger partial charge in [-0.1, -0.05) is 24.6 Å². The van der Waals surface area contributed by atoms with Crippen LogP contribution in [0.5, 0.6) is 0 Å². The van der Waals surface area contributed by atoms with Crippen molar-refractivity contribution in [1.82, 2.24) is 5.32 Å². The van der Waals surface area contributed by atoms with Crippen molar-refractivity contribution >= 4 is 38.9 Å². The van der Waals surface area contributed by atoms with Crippen LogP contribution in [0.25, 0.3) is 0 Å². The average Bonchev–Trinajstić information content (AvgIpc) is 3.27. The van der Waals surface area contributed by atoms with E-state index in [9.17, 15) is 22.0 Å². The lowest BCUT2D eigenvalue weighted by molar-refractivity contribution is 0.128. The molecule has 0 radical (unpaired) electrons. The molecule has 170 valence electrons. The highest BCUT2D eigenvalue weighted by Gasteiger charge is 2.36. The summed E-state index contributed by atoms with van der Waals surface area (Å²) in [6, 6.07) is 11.7. The van der Waals surface area contributed by atoms with Crippen LogP contribution in [0.1, 0.15) is 22.6 Å². The van der Waals surface area contributed by atoms with E-state index >= 15 is 0 Å². The number of carbonyl (C=O) groups is 1. The summed E-state index contributed by atoms with van der Waals surface area (Å²) in [7, 11) is -4.18. The van der Waals surface area contributed by atoms with Crippen LogP contribution in [-0.2, 0) is 21.1 Å². The van der Waals surface area contributed by atoms with Gasteiger partial charge in [0, 0.05) is 21.4 Å². The summed E-state index contributed by atoms with van der Waals surface area (Å²) in [5.74, 6) is -2.54. The monoisotopic (exact) mass is 499 g/mol. The molecule has 5 nitrogen and oxygen atoms in total. The molecule has 32 heavy (non-hydrogen) atoms. The second-order valence-corrected chi connectivity index (χ2v) is 10.6. The van der Waals surface area contributed by atoms with Gasteiger partial charge in [0.15, 0.2) is 9.84 Å². The molecule has 0 saturated heterocycles. The molecular weight excluding hydrogens is 480 g/mol. The quantitative estimate of drug-likeness (QED) is 0.428. The van der Waals surface area contributed by atoms with Gasteiger partial charge in [0.05, 0.1) is 23.3 Å². The Morgan fingerprint density at radius 3 is 2.53 bits per heavy atom. The van der Waals surface area contributed by atoms with Crippen molar-refractivity contribution in [3.8, 4) is 0 Å². The van der Waals surface area contributed by atoms with Crippen molar-refractivity contribution in [2.75, 3.05) is 6.61 Å². The molecule has 1 heterocycles. The number of ether oxygens (including phenoxy) is 1. The van der Waals surface area contributed by atoms with Crippen LogP contribution >= 0.6 is 22.9 Å². The van der Waals surface area contributed by atoms with Crippen LogP contribution in [0, 0.1) is 17.6 Å². The number of nitrogens with one attached hydrogen (secondary N) is 1. The molecule has 1 amide bonds. The maximum absolute atomic E-state index is 14.6. The van der Waals surface area contributed by atoms with Crippen LogP contribution in [0.2, 0.25) is 5.02 Å². The van der Waals surface area contributed by atoms with Crippen LogP contribution in [0.3, 0.4) is 0 Å². The Morgan fingerprint density at radius 2 is 1.88 bits per heavy atom. The highest BCUT2D eigenvalue weighted by molar-refractivity contribution is 7.91. The molecule has 0 bridgehead atoms. The molecule has 2 aromatic carbocycles. The molecular formula is C22H20ClF2NO4S2. The van der Waals surface area contributed by atoms with E-state index < -0.39 is 38.7 Å². The maximum atomic E-state index is 14.6. The van der Waals surface area contributed by atoms with E-state index in [1.807, 2.05) is 17.5 Å². The number of carbonyl (C=O) groups excluding carboxylic acids is 1. The minimum atomic E-state index is -4.18. The number of hydrogen-bond acceptors (Lipinski definition) is 5. The zero-order chi connectivity index (χ0) is 23.3. The molecule has 3 rings (SSSR count). The average molecular weight is 500 g/mol. The number of alkyl carbamates (subject to hydrolysis) is 1. The fourth-order valence-corrected chi connectivity index (χ4v) is 5.99. The van der Waals surface area contributed by atoms with Gasteiger partial charge in [-0.05, 0) is 53.9 Å². The molecule has 1 aromatic heterocycles. The lowest BCUT2D eigenvalue weighted by atomic mass is 10.0. The summed E-state index contributed by atoms with van der Waals surface area (Å²) in [6.45, 7) is 1.43. The Bertz CT molecular complexity index is 1170. The first-order valence-electron chi connectivity index (χ1n) is 9.56. The summed E-state index contributed by atoms with van der Waals surface area (Å²) in [5, 5.41) is 3.27. The van der Waals surface area contributed by atoms with Crippen molar-refractivity contribution in [3.05, 3.63) is 87.1 Å². The highest BCUT2D eigenvalue weighted by Crippen LogP contribution is 2.37. The van der Waals surface area contributed by atoms with Crippen LogP contribution in [-0.4, -0.2) is 21.1 Å². The van der Waals surface area contributed by atoms with Gasteiger partial charge in [0.25, 0.3) is 0 Å². The van der Waals surface area contributed by atoms with E-state index in [4.69, 9.17) is 16.3 Å². The van der Waals surface area contributed by atoms with E-state index in [0.717, 1.165) is 23.1 Å². The molecule has 1 N–H and O–H groups in total. The van der Waals surface area contributed by atoms with Gasteiger partial charge in [0.1, 0.15) is 11.6 Å². The van der Waals surface area contributed by atoms with Gasteiger partial charge in [0.2, 0.25) is 0 Å². The first-order chi connectivity index (χ1) is 15.2. The Morgan fingerprint density at radius 1 is 1.16 bits per heavy atom. The number of sulfone groups is 1. The number of halogens is 3. The van der Waals surface area contributed by atoms with Crippen LogP contribution in [0.15, 0.2) is 64.9 Å². The number of hydrogen-bond donors (Lipinski definition) is 1. The SMILES string of the molecule is C[C@H](COC(=O)NCc1cccs1)[C@@H](c1cc(F)ccc1F)S(=O)(=O)c1ccc(Cl)cc1. The van der Waals surface area contributed by atoms with E-state index in [-0.39, 0.29) is 23.6 Å². The summed E-state index contributed by atoms with van der Waals surface area (Å²) >= 11 is 7.31. The molecule has 0 spiro atoms. The molecule has 0 fully saturated rings. The Balaban J connectivity index is 1.84. The first kappa shape index (κ1) is 24.2. The molecule has 0 aliphatic heterocycles. The Labute approximate surface area is 193 Å². The summed E-state index contributed by atoms with van der Waals surface area (Å²) in [6.07, 6.45) is -0.743. The standard InChI is InChI=1S/C22H20ClF2NO4S2/c1-14(13-30-22(27)26-12-17-3-2-10-31-17)21(19-11-16(24)6-9-20(19)25)32(28,29)18-7-4-15(23)5-8-18/h2-11,14,21H,12-13H2,1H3,(H,26,27)/t14-,21+/m1/s1. The fraction of sp³-hybridized carbons (Fsp3) is 0.227. The van der Waals surface area contributed by atoms with Gasteiger partial charge in [-0.15, -0.1) is 11.3 Å². The number of rotatable bonds is 8. The number of amides is 1. The van der Waals surface area contributed by atoms with Gasteiger partial charge in [-0.2, -0.15) is 0 Å². The Kier molecular flexibility index (Phi) is 7.86. The number of thiophene rings is 1. The lowest BCUT2D eigenvalue weighted by Gasteiger charge is -2.25. The molecule has 0 saturated carbocycles. The predicted octanol–water partition coefficient (Wildman–Crippen LogP) is 5.76. The third-order valence-corrected chi connectivity index (χ3v) is 8.17. The van der Waals surface area contributed by atoms with E-state index in [1.54, 1.807) is 0 Å². The second-order valence-electron chi connectivity index (χ2n) is 7.09. The van der Waals surface area contributed by atoms with Crippen molar-refractivity contribution in [1.29, 1.82) is 0 Å². The molecule has 0 aliphatic carbocycles. The topological polar surface area (TPSA) is 72.5 Å². The molecule has 2 atom stereocenters. The van der Waals surface area contributed by atoms with E-state index in [1.165, 1.54) is 42.5 Å². The van der Waals surface area contributed by atoms with Crippen molar-refractivity contribution in [2.45, 2.75) is 23.6 Å². The van der Waals surface area contributed by atoms with Gasteiger partial charge >= 0.3 is 6.09 Å². The maximum Gasteiger partial charge on any atom is 0.407 e. The second kappa shape index (κ2) is 10.4. The normalized spacial score (nSPS) is 13.4. The van der Waals surface area contributed by atoms with Crippen molar-refractivity contribution < 1.29 is 26.7 Å². The van der Waals surface area contributed by atoms with E-state index in [2.05, 4.69) is 5.32 Å². The zero-order valence-electron chi connectivity index (χ0n) is 16.9. The van der Waals surface area contributed by atoms with Gasteiger partial charge in [-0.25, -0.2) is 22.0 Å². The number of benzene rings is 2. The largest absolute Gasteiger partial charge is 0.449 e. The van der Waals surface area contributed by atoms with Crippen molar-refractivity contribution in [2.24, 2.45) is 5.92 Å². The summed E-state index contributed by atoms with van der Waals surface area (Å²) < 4.78 is 60.4. The fourth-order valence-electron chi connectivity index (χ4n) is 3.20. The predicted molar refractivity (Wildman–Crippen MR) is 119 cm³/mol. The zero-order valence-corrected chi connectivity index (χ0v) is 19.3. The molecule has 3 aromatic rings. The minimum Gasteiger partial charge on any atom is -0.449 e. The minimum absolute atomic E-state index is 0.107. The smallest absolute Gasteiger partial charge is 0.407 e. The van der Waals surface area contributed by atoms with Crippen LogP contribution in [0.4, 0.5) is 13.6 Å². The first-order valence-corrected chi connectivity index (χ1v) is 12.4. The highest BCUT2D eigenvalue weighted by atomic mass is 35.5. The molecule has 0 unspecified atom stereocenters. The van der Waals surface area contributed by atoms with Crippen LogP contribution < -0.4 is 5.32 Å². The summed E-state index contributed by atoms with van der Waals surface area (Å²) in [4.78, 5) is 12.9. The molecule has 0 aliphatic rings. The summed E-state index contributed by atoms with van der Waals surface area (Å²) in [5.41, 5.74) is -0.338. The van der Waals surface area contributed by atoms with E-state index in [0.29, 0.717) is 5.02 Å². The third kappa shape index (κ3) is 5.85. The van der Waals surface area contributed by atoms with Gasteiger partial charge in [-0.3, -0.25) is 0 Å². The third-order valence-electron chi connectivity index (χ3n) is 4.72. The Hall–Kier alpha value is -2.49. The molecule has 10 heteroatoms.